The molecule has 3 N–H and O–H groups in total. The Hall–Kier alpha value is -1.14. The quantitative estimate of drug-likeness (QED) is 0.575. The average Bonchev–Trinajstić information content (AvgIpc) is 2.27. The largest absolute Gasteiger partial charge is 0.480 e. The van der Waals surface area contributed by atoms with Crippen molar-refractivity contribution in [1.82, 2.24) is 10.6 Å². The number of hydrogen-bond donors (Lipinski definition) is 3. The zero-order valence-electron chi connectivity index (χ0n) is 9.41. The molecule has 0 saturated carbocycles. The van der Waals surface area contributed by atoms with Crippen LogP contribution in [0.1, 0.15) is 12.8 Å². The highest BCUT2D eigenvalue weighted by Crippen LogP contribution is 2.29. The molecule has 0 atom stereocenters. The molecule has 0 radical (unpaired) electrons. The first-order valence-electron chi connectivity index (χ1n) is 5.30. The fraction of sp³-hybridized carbons (Fsp3) is 0.800. The highest BCUT2D eigenvalue weighted by atomic mass is 16.5. The standard InChI is InChI=1S/C10H18N2O4/c1-16-7-10(2-4-11-5-3-10)9(15)12-6-8(13)14/h11H,2-7H2,1H3,(H,12,15)(H,13,14). The third kappa shape index (κ3) is 3.18. The summed E-state index contributed by atoms with van der Waals surface area (Å²) in [6, 6.07) is 0. The van der Waals surface area contributed by atoms with Gasteiger partial charge in [0.2, 0.25) is 5.91 Å². The van der Waals surface area contributed by atoms with E-state index in [0.29, 0.717) is 19.4 Å². The van der Waals surface area contributed by atoms with Crippen molar-refractivity contribution in [3.05, 3.63) is 0 Å². The summed E-state index contributed by atoms with van der Waals surface area (Å²) in [6.07, 6.45) is 1.35. The molecule has 0 bridgehead atoms. The van der Waals surface area contributed by atoms with E-state index in [-0.39, 0.29) is 12.5 Å². The first-order chi connectivity index (χ1) is 7.60. The molecule has 1 aliphatic heterocycles. The van der Waals surface area contributed by atoms with Crippen LogP contribution in [0, 0.1) is 5.41 Å². The molecule has 92 valence electrons. The normalized spacial score (nSPS) is 19.1. The summed E-state index contributed by atoms with van der Waals surface area (Å²) in [5, 5.41) is 14.1. The van der Waals surface area contributed by atoms with Crippen LogP contribution >= 0.6 is 0 Å². The fourth-order valence-corrected chi connectivity index (χ4v) is 1.96. The van der Waals surface area contributed by atoms with Crippen LogP contribution in [0.5, 0.6) is 0 Å². The van der Waals surface area contributed by atoms with Crippen LogP contribution in [0.25, 0.3) is 0 Å². The number of piperidine rings is 1. The highest BCUT2D eigenvalue weighted by Gasteiger charge is 2.39. The summed E-state index contributed by atoms with van der Waals surface area (Å²) in [5.41, 5.74) is -0.574. The molecule has 6 nitrogen and oxygen atoms in total. The van der Waals surface area contributed by atoms with Crippen LogP contribution in [0.15, 0.2) is 0 Å². The third-order valence-electron chi connectivity index (χ3n) is 2.86. The maximum atomic E-state index is 11.9. The lowest BCUT2D eigenvalue weighted by molar-refractivity contribution is -0.142. The van der Waals surface area contributed by atoms with Crippen molar-refractivity contribution in [3.8, 4) is 0 Å². The maximum Gasteiger partial charge on any atom is 0.322 e. The van der Waals surface area contributed by atoms with Crippen molar-refractivity contribution in [3.63, 3.8) is 0 Å². The Balaban J connectivity index is 2.60. The Labute approximate surface area is 94.3 Å². The number of hydrogen-bond acceptors (Lipinski definition) is 4. The van der Waals surface area contributed by atoms with Crippen molar-refractivity contribution in [1.29, 1.82) is 0 Å². The number of carboxylic acid groups (broad SMARTS) is 1. The average molecular weight is 230 g/mol. The molecule has 0 aromatic carbocycles. The summed E-state index contributed by atoms with van der Waals surface area (Å²) in [6.45, 7) is 1.51. The topological polar surface area (TPSA) is 87.7 Å². The van der Waals surface area contributed by atoms with Crippen LogP contribution in [0.2, 0.25) is 0 Å². The zero-order valence-corrected chi connectivity index (χ0v) is 9.41. The van der Waals surface area contributed by atoms with Crippen molar-refractivity contribution in [2.45, 2.75) is 12.8 Å². The van der Waals surface area contributed by atoms with E-state index >= 15 is 0 Å². The second kappa shape index (κ2) is 5.81. The number of ether oxygens (including phenoxy) is 1. The molecule has 6 heteroatoms. The van der Waals surface area contributed by atoms with Gasteiger partial charge in [0.05, 0.1) is 12.0 Å². The predicted molar refractivity (Wildman–Crippen MR) is 57.1 cm³/mol. The smallest absolute Gasteiger partial charge is 0.322 e. The fourth-order valence-electron chi connectivity index (χ4n) is 1.96. The first-order valence-corrected chi connectivity index (χ1v) is 5.30. The Morgan fingerprint density at radius 1 is 1.44 bits per heavy atom. The number of carbonyl (C=O) groups excluding carboxylic acids is 1. The Morgan fingerprint density at radius 2 is 2.06 bits per heavy atom. The molecular formula is C10H18N2O4. The maximum absolute atomic E-state index is 11.9. The van der Waals surface area contributed by atoms with Gasteiger partial charge in [0.1, 0.15) is 6.54 Å². The van der Waals surface area contributed by atoms with E-state index in [1.807, 2.05) is 0 Å². The van der Waals surface area contributed by atoms with Gasteiger partial charge in [-0.15, -0.1) is 0 Å². The van der Waals surface area contributed by atoms with Gasteiger partial charge in [-0.3, -0.25) is 9.59 Å². The molecule has 1 saturated heterocycles. The van der Waals surface area contributed by atoms with E-state index < -0.39 is 11.4 Å². The summed E-state index contributed by atoms with van der Waals surface area (Å²) >= 11 is 0. The van der Waals surface area contributed by atoms with Gasteiger partial charge in [0, 0.05) is 7.11 Å². The van der Waals surface area contributed by atoms with Crippen LogP contribution in [0.3, 0.4) is 0 Å². The zero-order chi connectivity index (χ0) is 12.0. The Kier molecular flexibility index (Phi) is 4.70. The van der Waals surface area contributed by atoms with Gasteiger partial charge < -0.3 is 20.5 Å². The number of amides is 1. The van der Waals surface area contributed by atoms with Crippen LogP contribution < -0.4 is 10.6 Å². The molecule has 0 aromatic rings. The SMILES string of the molecule is COCC1(C(=O)NCC(=O)O)CCNCC1. The van der Waals surface area contributed by atoms with E-state index in [1.54, 1.807) is 7.11 Å². The van der Waals surface area contributed by atoms with E-state index in [2.05, 4.69) is 10.6 Å². The van der Waals surface area contributed by atoms with E-state index in [1.165, 1.54) is 0 Å². The van der Waals surface area contributed by atoms with Crippen LogP contribution in [0.4, 0.5) is 0 Å². The van der Waals surface area contributed by atoms with Gasteiger partial charge in [-0.1, -0.05) is 0 Å². The number of carboxylic acids is 1. The molecule has 1 aliphatic rings. The lowest BCUT2D eigenvalue weighted by Gasteiger charge is -2.35. The van der Waals surface area contributed by atoms with Crippen molar-refractivity contribution >= 4 is 11.9 Å². The molecule has 0 spiro atoms. The second-order valence-electron chi connectivity index (χ2n) is 4.04. The van der Waals surface area contributed by atoms with Gasteiger partial charge in [0.15, 0.2) is 0 Å². The van der Waals surface area contributed by atoms with E-state index in [9.17, 15) is 9.59 Å². The van der Waals surface area contributed by atoms with Gasteiger partial charge in [-0.25, -0.2) is 0 Å². The minimum absolute atomic E-state index is 0.224. The summed E-state index contributed by atoms with van der Waals surface area (Å²) in [4.78, 5) is 22.3. The van der Waals surface area contributed by atoms with Gasteiger partial charge in [-0.2, -0.15) is 0 Å². The molecular weight excluding hydrogens is 212 g/mol. The molecule has 1 fully saturated rings. The lowest BCUT2D eigenvalue weighted by atomic mass is 9.78. The van der Waals surface area contributed by atoms with Crippen LogP contribution in [-0.4, -0.2) is 50.3 Å². The summed E-state index contributed by atoms with van der Waals surface area (Å²) < 4.78 is 5.08. The molecule has 1 rings (SSSR count). The van der Waals surface area contributed by atoms with Crippen molar-refractivity contribution in [2.24, 2.45) is 5.41 Å². The number of carbonyl (C=O) groups is 2. The number of rotatable bonds is 5. The number of methoxy groups -OCH3 is 1. The second-order valence-corrected chi connectivity index (χ2v) is 4.04. The predicted octanol–water partition coefficient (Wildman–Crippen LogP) is -0.797. The van der Waals surface area contributed by atoms with Gasteiger partial charge in [-0.05, 0) is 25.9 Å². The Morgan fingerprint density at radius 3 is 2.56 bits per heavy atom. The van der Waals surface area contributed by atoms with Gasteiger partial charge >= 0.3 is 5.97 Å². The highest BCUT2D eigenvalue weighted by molar-refractivity contribution is 5.86. The van der Waals surface area contributed by atoms with Crippen LogP contribution in [-0.2, 0) is 14.3 Å². The summed E-state index contributed by atoms with van der Waals surface area (Å²) in [7, 11) is 1.55. The molecule has 0 aromatic heterocycles. The minimum Gasteiger partial charge on any atom is -0.480 e. The molecule has 0 unspecified atom stereocenters. The van der Waals surface area contributed by atoms with E-state index in [0.717, 1.165) is 13.1 Å². The first kappa shape index (κ1) is 12.9. The number of nitrogens with one attached hydrogen (secondary N) is 2. The van der Waals surface area contributed by atoms with Crippen molar-refractivity contribution < 1.29 is 19.4 Å². The molecule has 0 aliphatic carbocycles. The Bertz CT molecular complexity index is 256. The minimum atomic E-state index is -1.03. The lowest BCUT2D eigenvalue weighted by Crippen LogP contribution is -2.51. The molecule has 16 heavy (non-hydrogen) atoms. The van der Waals surface area contributed by atoms with Gasteiger partial charge in [0.25, 0.3) is 0 Å². The molecule has 1 heterocycles. The van der Waals surface area contributed by atoms with Crippen molar-refractivity contribution in [2.75, 3.05) is 33.4 Å². The summed E-state index contributed by atoms with van der Waals surface area (Å²) in [5.74, 6) is -1.26. The monoisotopic (exact) mass is 230 g/mol. The number of aliphatic carboxylic acids is 1. The third-order valence-corrected chi connectivity index (χ3v) is 2.86. The molecule has 1 amide bonds. The van der Waals surface area contributed by atoms with E-state index in [4.69, 9.17) is 9.84 Å².